The molecule has 18 heavy (non-hydrogen) atoms. The van der Waals surface area contributed by atoms with Gasteiger partial charge in [0.15, 0.2) is 0 Å². The first-order valence-electron chi connectivity index (χ1n) is 7.38. The molecule has 2 rings (SSSR count). The second-order valence-electron chi connectivity index (χ2n) is 5.93. The van der Waals surface area contributed by atoms with Crippen molar-refractivity contribution in [1.29, 1.82) is 0 Å². The fourth-order valence-corrected chi connectivity index (χ4v) is 3.29. The number of nitrogens with zero attached hydrogens (tertiary/aromatic N) is 2. The molecule has 0 bridgehead atoms. The molecule has 4 nitrogen and oxygen atoms in total. The van der Waals surface area contributed by atoms with Gasteiger partial charge < -0.3 is 10.6 Å². The molecule has 0 aromatic rings. The Bertz CT molecular complexity index is 289. The van der Waals surface area contributed by atoms with Crippen LogP contribution in [0.3, 0.4) is 0 Å². The van der Waals surface area contributed by atoms with Crippen molar-refractivity contribution < 1.29 is 4.79 Å². The van der Waals surface area contributed by atoms with E-state index >= 15 is 0 Å². The van der Waals surface area contributed by atoms with Gasteiger partial charge in [-0.3, -0.25) is 9.69 Å². The van der Waals surface area contributed by atoms with Crippen LogP contribution in [0.1, 0.15) is 39.5 Å². The number of amides is 1. The van der Waals surface area contributed by atoms with Crippen LogP contribution in [0.5, 0.6) is 0 Å². The predicted molar refractivity (Wildman–Crippen MR) is 73.2 cm³/mol. The van der Waals surface area contributed by atoms with Crippen molar-refractivity contribution in [3.05, 3.63) is 0 Å². The first-order chi connectivity index (χ1) is 8.63. The van der Waals surface area contributed by atoms with E-state index in [-0.39, 0.29) is 6.04 Å². The van der Waals surface area contributed by atoms with Crippen LogP contribution in [-0.2, 0) is 4.79 Å². The third-order valence-electron chi connectivity index (χ3n) is 4.63. The topological polar surface area (TPSA) is 49.6 Å². The average Bonchev–Trinajstić information content (AvgIpc) is 2.91. The van der Waals surface area contributed by atoms with E-state index in [2.05, 4.69) is 18.7 Å². The smallest absolute Gasteiger partial charge is 0.239 e. The molecule has 104 valence electrons. The number of likely N-dealkylation sites (tertiary alicyclic amines) is 2. The Labute approximate surface area is 110 Å². The van der Waals surface area contributed by atoms with Crippen molar-refractivity contribution in [2.24, 2.45) is 11.7 Å². The van der Waals surface area contributed by atoms with Gasteiger partial charge >= 0.3 is 0 Å². The largest absolute Gasteiger partial charge is 0.341 e. The molecule has 2 heterocycles. The minimum atomic E-state index is 0.0208. The molecule has 0 spiro atoms. The van der Waals surface area contributed by atoms with E-state index in [1.165, 1.54) is 25.7 Å². The van der Waals surface area contributed by atoms with Crippen LogP contribution in [0.15, 0.2) is 0 Å². The van der Waals surface area contributed by atoms with Gasteiger partial charge in [-0.1, -0.05) is 0 Å². The molecule has 3 atom stereocenters. The minimum Gasteiger partial charge on any atom is -0.341 e. The van der Waals surface area contributed by atoms with Crippen molar-refractivity contribution in [3.8, 4) is 0 Å². The molecule has 0 aliphatic carbocycles. The van der Waals surface area contributed by atoms with Gasteiger partial charge in [0, 0.05) is 25.7 Å². The number of carbonyl (C=O) groups excluding carboxylic acids is 1. The van der Waals surface area contributed by atoms with Crippen LogP contribution in [0.4, 0.5) is 0 Å². The van der Waals surface area contributed by atoms with Crippen LogP contribution in [0, 0.1) is 5.92 Å². The van der Waals surface area contributed by atoms with Crippen LogP contribution >= 0.6 is 0 Å². The van der Waals surface area contributed by atoms with E-state index in [9.17, 15) is 4.79 Å². The highest BCUT2D eigenvalue weighted by Crippen LogP contribution is 2.24. The third kappa shape index (κ3) is 2.86. The lowest BCUT2D eigenvalue weighted by atomic mass is 9.92. The Kier molecular flexibility index (Phi) is 4.62. The summed E-state index contributed by atoms with van der Waals surface area (Å²) in [4.78, 5) is 16.8. The summed E-state index contributed by atoms with van der Waals surface area (Å²) in [5.74, 6) is 0.882. The molecule has 0 aromatic heterocycles. The van der Waals surface area contributed by atoms with Gasteiger partial charge in [-0.05, 0) is 52.0 Å². The lowest BCUT2D eigenvalue weighted by molar-refractivity contribution is -0.137. The maximum atomic E-state index is 12.4. The summed E-state index contributed by atoms with van der Waals surface area (Å²) in [6.07, 6.45) is 4.71. The molecule has 0 saturated carbocycles. The Morgan fingerprint density at radius 2 is 2.00 bits per heavy atom. The molecule has 3 unspecified atom stereocenters. The minimum absolute atomic E-state index is 0.0208. The Hall–Kier alpha value is -0.610. The highest BCUT2D eigenvalue weighted by molar-refractivity contribution is 5.81. The SMILES string of the molecule is CC1CCC(CN)CN1C(C)C(=O)N1CCCC1. The molecule has 4 heteroatoms. The van der Waals surface area contributed by atoms with Crippen molar-refractivity contribution in [3.63, 3.8) is 0 Å². The standard InChI is InChI=1S/C14H27N3O/c1-11-5-6-13(9-15)10-17(11)12(2)14(18)16-7-3-4-8-16/h11-13H,3-10,15H2,1-2H3. The monoisotopic (exact) mass is 253 g/mol. The summed E-state index contributed by atoms with van der Waals surface area (Å²) < 4.78 is 0. The molecular formula is C14H27N3O. The van der Waals surface area contributed by atoms with E-state index in [4.69, 9.17) is 5.73 Å². The predicted octanol–water partition coefficient (Wildman–Crippen LogP) is 1.06. The Morgan fingerprint density at radius 1 is 1.33 bits per heavy atom. The number of nitrogens with two attached hydrogens (primary N) is 1. The quantitative estimate of drug-likeness (QED) is 0.818. The number of carbonyl (C=O) groups is 1. The summed E-state index contributed by atoms with van der Waals surface area (Å²) in [5.41, 5.74) is 5.79. The molecule has 2 N–H and O–H groups in total. The lowest BCUT2D eigenvalue weighted by Crippen LogP contribution is -2.54. The van der Waals surface area contributed by atoms with Gasteiger partial charge in [-0.15, -0.1) is 0 Å². The lowest BCUT2D eigenvalue weighted by Gasteiger charge is -2.41. The third-order valence-corrected chi connectivity index (χ3v) is 4.63. The first kappa shape index (κ1) is 13.8. The van der Waals surface area contributed by atoms with Crippen molar-refractivity contribution in [1.82, 2.24) is 9.80 Å². The molecule has 2 fully saturated rings. The number of hydrogen-bond donors (Lipinski definition) is 1. The molecular weight excluding hydrogens is 226 g/mol. The van der Waals surface area contributed by atoms with Gasteiger partial charge in [0.05, 0.1) is 6.04 Å². The maximum absolute atomic E-state index is 12.4. The van der Waals surface area contributed by atoms with Crippen LogP contribution < -0.4 is 5.73 Å². The summed E-state index contributed by atoms with van der Waals surface area (Å²) in [6, 6.07) is 0.529. The zero-order chi connectivity index (χ0) is 13.1. The Balaban J connectivity index is 1.97. The van der Waals surface area contributed by atoms with Crippen molar-refractivity contribution >= 4 is 5.91 Å². The van der Waals surface area contributed by atoms with E-state index in [0.717, 1.165) is 26.2 Å². The molecule has 0 radical (unpaired) electrons. The van der Waals surface area contributed by atoms with Gasteiger partial charge in [0.25, 0.3) is 0 Å². The second-order valence-corrected chi connectivity index (χ2v) is 5.93. The molecule has 1 amide bonds. The maximum Gasteiger partial charge on any atom is 0.239 e. The molecule has 2 saturated heterocycles. The second kappa shape index (κ2) is 6.02. The van der Waals surface area contributed by atoms with Crippen LogP contribution in [0.25, 0.3) is 0 Å². The highest BCUT2D eigenvalue weighted by atomic mass is 16.2. The van der Waals surface area contributed by atoms with Gasteiger partial charge in [0.1, 0.15) is 0 Å². The molecule has 2 aliphatic heterocycles. The zero-order valence-corrected chi connectivity index (χ0v) is 11.8. The first-order valence-corrected chi connectivity index (χ1v) is 7.38. The number of rotatable bonds is 3. The van der Waals surface area contributed by atoms with Crippen LogP contribution in [0.2, 0.25) is 0 Å². The van der Waals surface area contributed by atoms with Crippen LogP contribution in [-0.4, -0.2) is 54.0 Å². The highest BCUT2D eigenvalue weighted by Gasteiger charge is 2.33. The Morgan fingerprint density at radius 3 is 2.61 bits per heavy atom. The fourth-order valence-electron chi connectivity index (χ4n) is 3.29. The van der Waals surface area contributed by atoms with E-state index in [1.54, 1.807) is 0 Å². The summed E-state index contributed by atoms with van der Waals surface area (Å²) >= 11 is 0. The van der Waals surface area contributed by atoms with Crippen molar-refractivity contribution in [2.45, 2.75) is 51.6 Å². The fraction of sp³-hybridized carbons (Fsp3) is 0.929. The zero-order valence-electron chi connectivity index (χ0n) is 11.8. The van der Waals surface area contributed by atoms with Gasteiger partial charge in [0.2, 0.25) is 5.91 Å². The summed E-state index contributed by atoms with van der Waals surface area (Å²) in [5, 5.41) is 0. The summed E-state index contributed by atoms with van der Waals surface area (Å²) in [6.45, 7) is 7.93. The average molecular weight is 253 g/mol. The number of piperidine rings is 1. The van der Waals surface area contributed by atoms with E-state index in [1.807, 2.05) is 4.90 Å². The molecule has 2 aliphatic rings. The summed E-state index contributed by atoms with van der Waals surface area (Å²) in [7, 11) is 0. The van der Waals surface area contributed by atoms with Gasteiger partial charge in [-0.2, -0.15) is 0 Å². The van der Waals surface area contributed by atoms with E-state index < -0.39 is 0 Å². The number of hydrogen-bond acceptors (Lipinski definition) is 3. The molecule has 0 aromatic carbocycles. The van der Waals surface area contributed by atoms with Crippen molar-refractivity contribution in [2.75, 3.05) is 26.2 Å². The van der Waals surface area contributed by atoms with E-state index in [0.29, 0.717) is 17.9 Å². The van der Waals surface area contributed by atoms with Gasteiger partial charge in [-0.25, -0.2) is 0 Å². The normalized spacial score (nSPS) is 31.6.